The molecule has 0 aliphatic carbocycles. The van der Waals surface area contributed by atoms with Crippen LogP contribution < -0.4 is 10.2 Å². The Morgan fingerprint density at radius 1 is 1.18 bits per heavy atom. The number of hydrogen-bond donors (Lipinski definition) is 1. The summed E-state index contributed by atoms with van der Waals surface area (Å²) < 4.78 is 5.27. The Morgan fingerprint density at radius 3 is 2.75 bits per heavy atom. The maximum absolute atomic E-state index is 12.5. The molecule has 1 aliphatic heterocycles. The van der Waals surface area contributed by atoms with Gasteiger partial charge in [-0.25, -0.2) is 0 Å². The molecule has 6 nitrogen and oxygen atoms in total. The van der Waals surface area contributed by atoms with E-state index in [9.17, 15) is 4.79 Å². The van der Waals surface area contributed by atoms with E-state index in [0.717, 1.165) is 42.2 Å². The van der Waals surface area contributed by atoms with E-state index in [0.29, 0.717) is 18.1 Å². The van der Waals surface area contributed by atoms with Gasteiger partial charge in [-0.3, -0.25) is 4.79 Å². The van der Waals surface area contributed by atoms with Crippen LogP contribution in [0.15, 0.2) is 59.2 Å². The summed E-state index contributed by atoms with van der Waals surface area (Å²) >= 11 is 5.94. The first-order chi connectivity index (χ1) is 13.7. The Balaban J connectivity index is 1.38. The monoisotopic (exact) mass is 396 g/mol. The molecule has 1 atom stereocenters. The lowest BCUT2D eigenvalue weighted by atomic mass is 9.97. The zero-order chi connectivity index (χ0) is 19.3. The molecule has 1 amide bonds. The van der Waals surface area contributed by atoms with Crippen molar-refractivity contribution in [3.8, 4) is 11.3 Å². The van der Waals surface area contributed by atoms with Crippen molar-refractivity contribution in [1.82, 2.24) is 15.5 Å². The van der Waals surface area contributed by atoms with Gasteiger partial charge < -0.3 is 14.6 Å². The second-order valence-corrected chi connectivity index (χ2v) is 7.30. The van der Waals surface area contributed by atoms with Gasteiger partial charge in [-0.05, 0) is 49.2 Å². The number of hydrogen-bond acceptors (Lipinski definition) is 5. The third-order valence-electron chi connectivity index (χ3n) is 4.92. The Morgan fingerprint density at radius 2 is 2.04 bits per heavy atom. The Bertz CT molecular complexity index is 911. The fourth-order valence-electron chi connectivity index (χ4n) is 3.40. The Kier molecular flexibility index (Phi) is 5.58. The minimum absolute atomic E-state index is 0.0480. The fraction of sp³-hybridized carbons (Fsp3) is 0.286. The summed E-state index contributed by atoms with van der Waals surface area (Å²) in [6.07, 6.45) is 3.42. The molecule has 4 rings (SSSR count). The van der Waals surface area contributed by atoms with Gasteiger partial charge >= 0.3 is 0 Å². The number of anilines is 1. The fourth-order valence-corrected chi connectivity index (χ4v) is 3.53. The van der Waals surface area contributed by atoms with Crippen molar-refractivity contribution in [2.75, 3.05) is 18.0 Å². The zero-order valence-electron chi connectivity index (χ0n) is 15.3. The van der Waals surface area contributed by atoms with Gasteiger partial charge in [0.15, 0.2) is 5.82 Å². The molecule has 1 aliphatic rings. The zero-order valence-corrected chi connectivity index (χ0v) is 16.1. The molecule has 28 heavy (non-hydrogen) atoms. The highest BCUT2D eigenvalue weighted by Crippen LogP contribution is 2.24. The second kappa shape index (κ2) is 8.44. The molecular weight excluding hydrogens is 376 g/mol. The summed E-state index contributed by atoms with van der Waals surface area (Å²) in [4.78, 5) is 14.6. The minimum Gasteiger partial charge on any atom is -0.467 e. The third-order valence-corrected chi connectivity index (χ3v) is 5.18. The van der Waals surface area contributed by atoms with Crippen LogP contribution >= 0.6 is 11.6 Å². The summed E-state index contributed by atoms with van der Waals surface area (Å²) in [6, 6.07) is 15.1. The number of aromatic nitrogens is 2. The van der Waals surface area contributed by atoms with Crippen LogP contribution in [0.4, 0.5) is 5.82 Å². The molecule has 0 saturated carbocycles. The van der Waals surface area contributed by atoms with E-state index >= 15 is 0 Å². The van der Waals surface area contributed by atoms with Gasteiger partial charge in [-0.2, -0.15) is 0 Å². The largest absolute Gasteiger partial charge is 0.467 e. The summed E-state index contributed by atoms with van der Waals surface area (Å²) in [5.74, 6) is 1.53. The van der Waals surface area contributed by atoms with Crippen LogP contribution in [-0.2, 0) is 11.3 Å². The number of amides is 1. The van der Waals surface area contributed by atoms with Gasteiger partial charge in [-0.15, -0.1) is 10.2 Å². The van der Waals surface area contributed by atoms with Gasteiger partial charge in [0.05, 0.1) is 24.4 Å². The lowest BCUT2D eigenvalue weighted by Gasteiger charge is -2.32. The van der Waals surface area contributed by atoms with Crippen LogP contribution in [0, 0.1) is 5.92 Å². The lowest BCUT2D eigenvalue weighted by molar-refractivity contribution is -0.125. The highest BCUT2D eigenvalue weighted by atomic mass is 35.5. The Labute approximate surface area is 168 Å². The van der Waals surface area contributed by atoms with Crippen molar-refractivity contribution < 1.29 is 9.21 Å². The quantitative estimate of drug-likeness (QED) is 0.707. The van der Waals surface area contributed by atoms with E-state index in [2.05, 4.69) is 20.4 Å². The van der Waals surface area contributed by atoms with Crippen LogP contribution in [0.2, 0.25) is 5.02 Å². The predicted octanol–water partition coefficient (Wildman–Crippen LogP) is 3.92. The first-order valence-electron chi connectivity index (χ1n) is 9.34. The van der Waals surface area contributed by atoms with Crippen molar-refractivity contribution in [2.45, 2.75) is 19.4 Å². The van der Waals surface area contributed by atoms with Crippen molar-refractivity contribution >= 4 is 23.3 Å². The topological polar surface area (TPSA) is 71.3 Å². The van der Waals surface area contributed by atoms with Crippen LogP contribution in [0.5, 0.6) is 0 Å². The van der Waals surface area contributed by atoms with Gasteiger partial charge in [0, 0.05) is 23.7 Å². The lowest BCUT2D eigenvalue weighted by Crippen LogP contribution is -2.43. The number of halogens is 1. The molecule has 0 radical (unpaired) electrons. The molecule has 1 aromatic carbocycles. The number of benzene rings is 1. The predicted molar refractivity (Wildman–Crippen MR) is 108 cm³/mol. The number of piperidine rings is 1. The molecule has 3 heterocycles. The van der Waals surface area contributed by atoms with Crippen LogP contribution in [0.3, 0.4) is 0 Å². The molecule has 1 fully saturated rings. The summed E-state index contributed by atoms with van der Waals surface area (Å²) in [6.45, 7) is 1.92. The van der Waals surface area contributed by atoms with Crippen LogP contribution in [-0.4, -0.2) is 29.2 Å². The van der Waals surface area contributed by atoms with Crippen molar-refractivity contribution in [3.05, 3.63) is 65.6 Å². The third kappa shape index (κ3) is 4.34. The number of carbonyl (C=O) groups excluding carboxylic acids is 1. The highest BCUT2D eigenvalue weighted by Gasteiger charge is 2.26. The number of nitrogens with zero attached hydrogens (tertiary/aromatic N) is 3. The molecule has 3 aromatic rings. The molecular formula is C21H21ClN4O2. The normalized spacial score (nSPS) is 16.8. The highest BCUT2D eigenvalue weighted by molar-refractivity contribution is 6.30. The molecule has 7 heteroatoms. The van der Waals surface area contributed by atoms with E-state index in [1.165, 1.54) is 0 Å². The van der Waals surface area contributed by atoms with E-state index in [-0.39, 0.29) is 11.8 Å². The number of carbonyl (C=O) groups is 1. The first kappa shape index (κ1) is 18.5. The number of rotatable bonds is 5. The van der Waals surface area contributed by atoms with Gasteiger partial charge in [0.25, 0.3) is 0 Å². The van der Waals surface area contributed by atoms with Crippen molar-refractivity contribution in [2.24, 2.45) is 5.92 Å². The number of nitrogens with one attached hydrogen (secondary N) is 1. The van der Waals surface area contributed by atoms with Gasteiger partial charge in [0.2, 0.25) is 5.91 Å². The molecule has 144 valence electrons. The van der Waals surface area contributed by atoms with Crippen LogP contribution in [0.1, 0.15) is 18.6 Å². The minimum atomic E-state index is -0.0681. The molecule has 0 unspecified atom stereocenters. The van der Waals surface area contributed by atoms with E-state index in [1.807, 2.05) is 48.5 Å². The summed E-state index contributed by atoms with van der Waals surface area (Å²) in [5.41, 5.74) is 1.77. The first-order valence-corrected chi connectivity index (χ1v) is 9.71. The van der Waals surface area contributed by atoms with Crippen molar-refractivity contribution in [1.29, 1.82) is 0 Å². The SMILES string of the molecule is O=C(NCc1ccco1)[C@@H]1CCCN(c2ccc(-c3ccc(Cl)cc3)nn2)C1. The van der Waals surface area contributed by atoms with E-state index in [1.54, 1.807) is 6.26 Å². The molecule has 1 saturated heterocycles. The average Bonchev–Trinajstić information content (AvgIpc) is 3.26. The standard InChI is InChI=1S/C21H21ClN4O2/c22-17-7-5-15(6-8-17)19-9-10-20(25-24-19)26-11-1-3-16(14-26)21(27)23-13-18-4-2-12-28-18/h2,4-10,12,16H,1,3,11,13-14H2,(H,23,27)/t16-/m1/s1. The Hall–Kier alpha value is -2.86. The van der Waals surface area contributed by atoms with Gasteiger partial charge in [0.1, 0.15) is 5.76 Å². The van der Waals surface area contributed by atoms with E-state index < -0.39 is 0 Å². The second-order valence-electron chi connectivity index (χ2n) is 6.87. The summed E-state index contributed by atoms with van der Waals surface area (Å²) in [5, 5.41) is 12.4. The molecule has 0 bridgehead atoms. The molecule has 2 aromatic heterocycles. The smallest absolute Gasteiger partial charge is 0.225 e. The van der Waals surface area contributed by atoms with Gasteiger partial charge in [-0.1, -0.05) is 23.7 Å². The maximum atomic E-state index is 12.5. The molecule has 1 N–H and O–H groups in total. The van der Waals surface area contributed by atoms with E-state index in [4.69, 9.17) is 16.0 Å². The number of furan rings is 1. The van der Waals surface area contributed by atoms with Crippen molar-refractivity contribution in [3.63, 3.8) is 0 Å². The van der Waals surface area contributed by atoms with Crippen LogP contribution in [0.25, 0.3) is 11.3 Å². The summed E-state index contributed by atoms with van der Waals surface area (Å²) in [7, 11) is 0. The average molecular weight is 397 g/mol. The molecule has 0 spiro atoms. The maximum Gasteiger partial charge on any atom is 0.225 e.